The highest BCUT2D eigenvalue weighted by Crippen LogP contribution is 2.37. The van der Waals surface area contributed by atoms with Gasteiger partial charge in [0.2, 0.25) is 5.91 Å². The van der Waals surface area contributed by atoms with Gasteiger partial charge in [0.05, 0.1) is 20.0 Å². The Bertz CT molecular complexity index is 855. The molecular formula is C19H19BrN2OS2. The Labute approximate surface area is 163 Å². The number of fused-ring (bicyclic) bond motifs is 1. The summed E-state index contributed by atoms with van der Waals surface area (Å²) < 4.78 is 2.37. The summed E-state index contributed by atoms with van der Waals surface area (Å²) in [6.45, 7) is 0.865. The molecule has 2 aromatic heterocycles. The molecule has 1 aromatic carbocycles. The van der Waals surface area contributed by atoms with E-state index in [1.54, 1.807) is 22.7 Å². The third-order valence-corrected chi connectivity index (χ3v) is 7.43. The molecule has 0 spiro atoms. The van der Waals surface area contributed by atoms with Crippen LogP contribution in [-0.4, -0.2) is 22.3 Å². The number of thiophene rings is 1. The normalized spacial score (nSPS) is 17.5. The number of carbonyl (C=O) groups is 1. The molecule has 0 saturated carbocycles. The minimum Gasteiger partial charge on any atom is -0.333 e. The Hall–Kier alpha value is -1.24. The van der Waals surface area contributed by atoms with Crippen molar-refractivity contribution in [2.24, 2.45) is 0 Å². The van der Waals surface area contributed by atoms with Gasteiger partial charge in [-0.05, 0) is 65.9 Å². The lowest BCUT2D eigenvalue weighted by molar-refractivity contribution is -0.132. The number of aryl methyl sites for hydroxylation is 1. The fraction of sp³-hybridized carbons (Fsp3) is 0.368. The van der Waals surface area contributed by atoms with Gasteiger partial charge in [0.25, 0.3) is 0 Å². The van der Waals surface area contributed by atoms with Crippen molar-refractivity contribution in [3.05, 3.63) is 50.1 Å². The van der Waals surface area contributed by atoms with Gasteiger partial charge in [-0.15, -0.1) is 22.7 Å². The zero-order chi connectivity index (χ0) is 17.2. The Kier molecular flexibility index (Phi) is 5.20. The lowest BCUT2D eigenvalue weighted by Gasteiger charge is -2.23. The monoisotopic (exact) mass is 434 g/mol. The van der Waals surface area contributed by atoms with Crippen LogP contribution in [0.3, 0.4) is 0 Å². The number of para-hydroxylation sites is 1. The fourth-order valence-corrected chi connectivity index (χ4v) is 6.04. The van der Waals surface area contributed by atoms with Gasteiger partial charge in [-0.3, -0.25) is 4.79 Å². The van der Waals surface area contributed by atoms with E-state index >= 15 is 0 Å². The van der Waals surface area contributed by atoms with Crippen LogP contribution in [0.4, 0.5) is 0 Å². The highest BCUT2D eigenvalue weighted by molar-refractivity contribution is 9.11. The summed E-state index contributed by atoms with van der Waals surface area (Å²) in [6, 6.07) is 12.6. The van der Waals surface area contributed by atoms with Crippen molar-refractivity contribution in [2.45, 2.75) is 38.1 Å². The smallest absolute Gasteiger partial charge is 0.223 e. The van der Waals surface area contributed by atoms with Gasteiger partial charge < -0.3 is 4.90 Å². The van der Waals surface area contributed by atoms with Gasteiger partial charge in [0.15, 0.2) is 0 Å². The summed E-state index contributed by atoms with van der Waals surface area (Å²) in [7, 11) is 0. The van der Waals surface area contributed by atoms with E-state index in [-0.39, 0.29) is 11.9 Å². The van der Waals surface area contributed by atoms with E-state index in [0.717, 1.165) is 46.5 Å². The van der Waals surface area contributed by atoms with Crippen molar-refractivity contribution in [1.29, 1.82) is 0 Å². The van der Waals surface area contributed by atoms with E-state index in [0.29, 0.717) is 6.42 Å². The predicted molar refractivity (Wildman–Crippen MR) is 108 cm³/mol. The van der Waals surface area contributed by atoms with Gasteiger partial charge in [-0.2, -0.15) is 0 Å². The maximum Gasteiger partial charge on any atom is 0.223 e. The highest BCUT2D eigenvalue weighted by atomic mass is 79.9. The lowest BCUT2D eigenvalue weighted by atomic mass is 10.2. The zero-order valence-corrected chi connectivity index (χ0v) is 17.0. The standard InChI is InChI=1S/C19H19BrN2OS2/c20-17-11-10-13(24-17)5-3-9-18(23)22-12-4-7-15(22)19-21-14-6-1-2-8-16(14)25-19/h1-2,6,8,10-11,15H,3-5,7,9,12H2. The number of hydrogen-bond donors (Lipinski definition) is 0. The maximum absolute atomic E-state index is 12.7. The molecular weight excluding hydrogens is 416 g/mol. The number of amides is 1. The first-order chi connectivity index (χ1) is 12.2. The molecule has 3 nitrogen and oxygen atoms in total. The van der Waals surface area contributed by atoms with E-state index < -0.39 is 0 Å². The first-order valence-corrected chi connectivity index (χ1v) is 11.0. The van der Waals surface area contributed by atoms with E-state index in [1.165, 1.54) is 9.58 Å². The Morgan fingerprint density at radius 3 is 2.92 bits per heavy atom. The molecule has 4 rings (SSSR count). The van der Waals surface area contributed by atoms with Crippen molar-refractivity contribution in [3.63, 3.8) is 0 Å². The van der Waals surface area contributed by atoms with Crippen molar-refractivity contribution in [1.82, 2.24) is 9.88 Å². The van der Waals surface area contributed by atoms with Crippen LogP contribution < -0.4 is 0 Å². The Morgan fingerprint density at radius 2 is 2.12 bits per heavy atom. The topological polar surface area (TPSA) is 33.2 Å². The molecule has 1 fully saturated rings. The summed E-state index contributed by atoms with van der Waals surface area (Å²) in [6.07, 6.45) is 4.61. The molecule has 0 bridgehead atoms. The number of aromatic nitrogens is 1. The van der Waals surface area contributed by atoms with Gasteiger partial charge in [-0.25, -0.2) is 4.98 Å². The van der Waals surface area contributed by atoms with Gasteiger partial charge >= 0.3 is 0 Å². The van der Waals surface area contributed by atoms with Gasteiger partial charge in [0.1, 0.15) is 5.01 Å². The molecule has 1 aliphatic heterocycles. The summed E-state index contributed by atoms with van der Waals surface area (Å²) >= 11 is 6.98. The number of hydrogen-bond acceptors (Lipinski definition) is 4. The molecule has 6 heteroatoms. The molecule has 1 amide bonds. The average molecular weight is 435 g/mol. The van der Waals surface area contributed by atoms with Crippen molar-refractivity contribution >= 4 is 54.7 Å². The van der Waals surface area contributed by atoms with Gasteiger partial charge in [-0.1, -0.05) is 12.1 Å². The van der Waals surface area contributed by atoms with Crippen LogP contribution in [0.1, 0.15) is 41.6 Å². The number of rotatable bonds is 5. The zero-order valence-electron chi connectivity index (χ0n) is 13.8. The minimum atomic E-state index is 0.167. The Balaban J connectivity index is 1.40. The fourth-order valence-electron chi connectivity index (χ4n) is 3.40. The molecule has 3 heterocycles. The molecule has 1 atom stereocenters. The van der Waals surface area contributed by atoms with Crippen molar-refractivity contribution in [3.8, 4) is 0 Å². The van der Waals surface area contributed by atoms with Crippen LogP contribution in [0, 0.1) is 0 Å². The summed E-state index contributed by atoms with van der Waals surface area (Å²) in [5.74, 6) is 0.275. The second-order valence-corrected chi connectivity index (χ2v) is 9.93. The van der Waals surface area contributed by atoms with Crippen molar-refractivity contribution < 1.29 is 4.79 Å². The number of halogens is 1. The van der Waals surface area contributed by atoms with Crippen molar-refractivity contribution in [2.75, 3.05) is 6.54 Å². The predicted octanol–water partition coefficient (Wildman–Crippen LogP) is 5.81. The number of benzene rings is 1. The first-order valence-electron chi connectivity index (χ1n) is 8.60. The van der Waals surface area contributed by atoms with Crippen LogP contribution in [0.5, 0.6) is 0 Å². The largest absolute Gasteiger partial charge is 0.333 e. The molecule has 1 saturated heterocycles. The summed E-state index contributed by atoms with van der Waals surface area (Å²) in [5.41, 5.74) is 1.05. The van der Waals surface area contributed by atoms with Crippen LogP contribution in [0.25, 0.3) is 10.2 Å². The molecule has 3 aromatic rings. The number of nitrogens with zero attached hydrogens (tertiary/aromatic N) is 2. The third-order valence-electron chi connectivity index (χ3n) is 4.61. The molecule has 0 aliphatic carbocycles. The molecule has 0 radical (unpaired) electrons. The molecule has 25 heavy (non-hydrogen) atoms. The lowest BCUT2D eigenvalue weighted by Crippen LogP contribution is -2.30. The molecule has 1 aliphatic rings. The van der Waals surface area contributed by atoms with E-state index in [9.17, 15) is 4.79 Å². The van der Waals surface area contributed by atoms with Crippen LogP contribution >= 0.6 is 38.6 Å². The number of thiazole rings is 1. The highest BCUT2D eigenvalue weighted by Gasteiger charge is 2.31. The van der Waals surface area contributed by atoms with Gasteiger partial charge in [0, 0.05) is 17.8 Å². The van der Waals surface area contributed by atoms with E-state index in [1.807, 2.05) is 12.1 Å². The average Bonchev–Trinajstić information content (AvgIpc) is 3.33. The number of carbonyl (C=O) groups excluding carboxylic acids is 1. The second-order valence-electron chi connectivity index (χ2n) is 6.32. The second kappa shape index (κ2) is 7.56. The van der Waals surface area contributed by atoms with Crippen LogP contribution in [-0.2, 0) is 11.2 Å². The van der Waals surface area contributed by atoms with E-state index in [2.05, 4.69) is 45.1 Å². The summed E-state index contributed by atoms with van der Waals surface area (Å²) in [4.78, 5) is 20.9. The SMILES string of the molecule is O=C(CCCc1ccc(Br)s1)N1CCCC1c1nc2ccccc2s1. The Morgan fingerprint density at radius 1 is 1.24 bits per heavy atom. The number of likely N-dealkylation sites (tertiary alicyclic amines) is 1. The molecule has 1 unspecified atom stereocenters. The summed E-state index contributed by atoms with van der Waals surface area (Å²) in [5, 5.41) is 1.09. The molecule has 130 valence electrons. The minimum absolute atomic E-state index is 0.167. The van der Waals surface area contributed by atoms with Crippen LogP contribution in [0.15, 0.2) is 40.2 Å². The quantitative estimate of drug-likeness (QED) is 0.507. The third kappa shape index (κ3) is 3.81. The molecule has 0 N–H and O–H groups in total. The van der Waals surface area contributed by atoms with Crippen LogP contribution in [0.2, 0.25) is 0 Å². The maximum atomic E-state index is 12.7. The first kappa shape index (κ1) is 17.2. The van der Waals surface area contributed by atoms with E-state index in [4.69, 9.17) is 4.98 Å².